The Balaban J connectivity index is 2.74. The van der Waals surface area contributed by atoms with Crippen molar-refractivity contribution in [3.8, 4) is 11.8 Å². The Morgan fingerprint density at radius 2 is 2.16 bits per heavy atom. The molecule has 0 spiro atoms. The van der Waals surface area contributed by atoms with E-state index in [1.165, 1.54) is 36.9 Å². The van der Waals surface area contributed by atoms with E-state index in [4.69, 9.17) is 5.11 Å². The second-order valence-electron chi connectivity index (χ2n) is 3.76. The predicted molar refractivity (Wildman–Crippen MR) is 72.4 cm³/mol. The van der Waals surface area contributed by atoms with Crippen LogP contribution in [-0.2, 0) is 16.0 Å². The summed E-state index contributed by atoms with van der Waals surface area (Å²) in [6.07, 6.45) is 0.262. The van der Waals surface area contributed by atoms with Gasteiger partial charge >= 0.3 is 5.97 Å². The van der Waals surface area contributed by atoms with Crippen LogP contribution in [0.1, 0.15) is 24.5 Å². The summed E-state index contributed by atoms with van der Waals surface area (Å²) in [5.74, 6) is 4.76. The fraction of sp³-hybridized carbons (Fsp3) is 0.286. The number of carbonyl (C=O) groups excluding carboxylic acids is 1. The molecule has 0 amide bonds. The zero-order valence-corrected chi connectivity index (χ0v) is 11.2. The lowest BCUT2D eigenvalue weighted by atomic mass is 10.0. The molecule has 0 bridgehead atoms. The molecular weight excluding hydrogens is 267 g/mol. The highest BCUT2D eigenvalue weighted by molar-refractivity contribution is 8.13. The van der Waals surface area contributed by atoms with Gasteiger partial charge in [-0.15, -0.1) is 0 Å². The first-order valence-corrected chi connectivity index (χ1v) is 6.60. The van der Waals surface area contributed by atoms with Crippen molar-refractivity contribution in [3.05, 3.63) is 35.1 Å². The fourth-order valence-corrected chi connectivity index (χ4v) is 1.89. The van der Waals surface area contributed by atoms with E-state index in [0.29, 0.717) is 23.3 Å². The summed E-state index contributed by atoms with van der Waals surface area (Å²) in [6, 6.07) is 3.90. The molecule has 0 aliphatic carbocycles. The van der Waals surface area contributed by atoms with Gasteiger partial charge in [0.15, 0.2) is 5.12 Å². The van der Waals surface area contributed by atoms with Gasteiger partial charge in [0.2, 0.25) is 0 Å². The molecule has 1 N–H and O–H groups in total. The molecule has 0 saturated carbocycles. The number of carboxylic acids is 1. The summed E-state index contributed by atoms with van der Waals surface area (Å²) in [7, 11) is 0. The molecule has 1 rings (SSSR count). The Morgan fingerprint density at radius 1 is 1.42 bits per heavy atom. The second kappa shape index (κ2) is 7.59. The Kier molecular flexibility index (Phi) is 6.10. The van der Waals surface area contributed by atoms with Crippen LogP contribution in [0.5, 0.6) is 0 Å². The molecule has 1 aromatic rings. The molecule has 0 atom stereocenters. The van der Waals surface area contributed by atoms with Crippen LogP contribution in [0, 0.1) is 17.7 Å². The maximum atomic E-state index is 13.0. The fourth-order valence-electron chi connectivity index (χ4n) is 1.40. The summed E-state index contributed by atoms with van der Waals surface area (Å²) in [6.45, 7) is 1.49. The topological polar surface area (TPSA) is 54.4 Å². The lowest BCUT2D eigenvalue weighted by Crippen LogP contribution is -2.02. The molecule has 0 aromatic heterocycles. The lowest BCUT2D eigenvalue weighted by molar-refractivity contribution is -0.136. The highest BCUT2D eigenvalue weighted by Crippen LogP contribution is 2.11. The Labute approximate surface area is 115 Å². The van der Waals surface area contributed by atoms with Crippen molar-refractivity contribution < 1.29 is 19.1 Å². The van der Waals surface area contributed by atoms with Gasteiger partial charge in [0, 0.05) is 24.7 Å². The standard InChI is InChI=1S/C14H13FO3S/c1-10(16)19-7-3-2-4-11-5-6-13(15)8-12(11)9-14(17)18/h5-6,8H,3,7,9H2,1H3,(H,17,18). The summed E-state index contributed by atoms with van der Waals surface area (Å²) < 4.78 is 13.0. The maximum absolute atomic E-state index is 13.0. The molecule has 19 heavy (non-hydrogen) atoms. The second-order valence-corrected chi connectivity index (χ2v) is 5.04. The smallest absolute Gasteiger partial charge is 0.307 e. The number of hydrogen-bond acceptors (Lipinski definition) is 3. The van der Waals surface area contributed by atoms with Crippen LogP contribution in [0.25, 0.3) is 0 Å². The highest BCUT2D eigenvalue weighted by Gasteiger charge is 2.06. The molecular formula is C14H13FO3S. The molecule has 0 saturated heterocycles. The van der Waals surface area contributed by atoms with Gasteiger partial charge in [-0.1, -0.05) is 23.6 Å². The van der Waals surface area contributed by atoms with Crippen LogP contribution >= 0.6 is 11.8 Å². The number of hydrogen-bond donors (Lipinski definition) is 1. The van der Waals surface area contributed by atoms with E-state index in [1.807, 2.05) is 0 Å². The van der Waals surface area contributed by atoms with Crippen LogP contribution in [0.4, 0.5) is 4.39 Å². The quantitative estimate of drug-likeness (QED) is 0.680. The Bertz CT molecular complexity index is 543. The van der Waals surface area contributed by atoms with Gasteiger partial charge in [0.1, 0.15) is 5.82 Å². The molecule has 100 valence electrons. The highest BCUT2D eigenvalue weighted by atomic mass is 32.2. The van der Waals surface area contributed by atoms with E-state index >= 15 is 0 Å². The third-order valence-corrected chi connectivity index (χ3v) is 2.98. The van der Waals surface area contributed by atoms with Crippen LogP contribution in [0.15, 0.2) is 18.2 Å². The van der Waals surface area contributed by atoms with Crippen LogP contribution < -0.4 is 0 Å². The SMILES string of the molecule is CC(=O)SCCC#Cc1ccc(F)cc1CC(=O)O. The van der Waals surface area contributed by atoms with Crippen LogP contribution in [0.3, 0.4) is 0 Å². The average Bonchev–Trinajstić information content (AvgIpc) is 2.30. The molecule has 0 radical (unpaired) electrons. The number of rotatable bonds is 4. The van der Waals surface area contributed by atoms with Crippen molar-refractivity contribution in [3.63, 3.8) is 0 Å². The largest absolute Gasteiger partial charge is 0.481 e. The molecule has 1 aromatic carbocycles. The minimum absolute atomic E-state index is 0.0372. The minimum Gasteiger partial charge on any atom is -0.481 e. The number of aliphatic carboxylic acids is 1. The Morgan fingerprint density at radius 3 is 2.79 bits per heavy atom. The van der Waals surface area contributed by atoms with Crippen molar-refractivity contribution >= 4 is 22.8 Å². The first-order chi connectivity index (χ1) is 8.99. The molecule has 5 heteroatoms. The first-order valence-electron chi connectivity index (χ1n) is 5.61. The van der Waals surface area contributed by atoms with Gasteiger partial charge in [-0.25, -0.2) is 4.39 Å². The van der Waals surface area contributed by atoms with E-state index in [1.54, 1.807) is 0 Å². The molecule has 0 unspecified atom stereocenters. The maximum Gasteiger partial charge on any atom is 0.307 e. The monoisotopic (exact) mass is 280 g/mol. The van der Waals surface area contributed by atoms with Crippen molar-refractivity contribution in [1.29, 1.82) is 0 Å². The number of carbonyl (C=O) groups is 2. The van der Waals surface area contributed by atoms with Gasteiger partial charge in [0.25, 0.3) is 0 Å². The van der Waals surface area contributed by atoms with Gasteiger partial charge in [-0.3, -0.25) is 9.59 Å². The number of carboxylic acid groups (broad SMARTS) is 1. The van der Waals surface area contributed by atoms with E-state index in [2.05, 4.69) is 11.8 Å². The molecule has 0 fully saturated rings. The number of benzene rings is 1. The van der Waals surface area contributed by atoms with Crippen molar-refractivity contribution in [2.45, 2.75) is 19.8 Å². The molecule has 0 aliphatic heterocycles. The van der Waals surface area contributed by atoms with E-state index < -0.39 is 11.8 Å². The first kappa shape index (κ1) is 15.3. The third-order valence-electron chi connectivity index (χ3n) is 2.16. The molecule has 3 nitrogen and oxygen atoms in total. The van der Waals surface area contributed by atoms with Crippen LogP contribution in [0.2, 0.25) is 0 Å². The van der Waals surface area contributed by atoms with Gasteiger partial charge in [-0.2, -0.15) is 0 Å². The normalized spacial score (nSPS) is 9.58. The van der Waals surface area contributed by atoms with Crippen molar-refractivity contribution in [2.75, 3.05) is 5.75 Å². The summed E-state index contributed by atoms with van der Waals surface area (Å²) in [4.78, 5) is 21.4. The number of thioether (sulfide) groups is 1. The summed E-state index contributed by atoms with van der Waals surface area (Å²) in [5, 5.41) is 8.78. The lowest BCUT2D eigenvalue weighted by Gasteiger charge is -2.01. The van der Waals surface area contributed by atoms with Crippen molar-refractivity contribution in [2.24, 2.45) is 0 Å². The Hall–Kier alpha value is -1.80. The third kappa shape index (κ3) is 6.07. The zero-order chi connectivity index (χ0) is 14.3. The molecule has 0 aliphatic rings. The number of halogens is 1. The summed E-state index contributed by atoms with van der Waals surface area (Å²) >= 11 is 1.19. The molecule has 0 heterocycles. The van der Waals surface area contributed by atoms with Gasteiger partial charge in [-0.05, 0) is 23.8 Å². The van der Waals surface area contributed by atoms with E-state index in [9.17, 15) is 14.0 Å². The van der Waals surface area contributed by atoms with Crippen molar-refractivity contribution in [1.82, 2.24) is 0 Å². The minimum atomic E-state index is -1.03. The van der Waals surface area contributed by atoms with Crippen LogP contribution in [-0.4, -0.2) is 21.9 Å². The van der Waals surface area contributed by atoms with Gasteiger partial charge in [0.05, 0.1) is 6.42 Å². The zero-order valence-electron chi connectivity index (χ0n) is 10.4. The van der Waals surface area contributed by atoms with E-state index in [0.717, 1.165) is 0 Å². The predicted octanol–water partition coefficient (Wildman–Crippen LogP) is 2.47. The van der Waals surface area contributed by atoms with E-state index in [-0.39, 0.29) is 11.5 Å². The summed E-state index contributed by atoms with van der Waals surface area (Å²) in [5.41, 5.74) is 0.871. The average molecular weight is 280 g/mol. The van der Waals surface area contributed by atoms with Gasteiger partial charge < -0.3 is 5.11 Å².